The maximum atomic E-state index is 14.4. The molecule has 0 aliphatic carbocycles. The van der Waals surface area contributed by atoms with Gasteiger partial charge in [-0.05, 0) is 43.2 Å². The molecule has 1 aromatic carbocycles. The first-order valence-corrected chi connectivity index (χ1v) is 20.1. The Hall–Kier alpha value is -3.39. The van der Waals surface area contributed by atoms with E-state index in [4.69, 9.17) is 15.2 Å². The van der Waals surface area contributed by atoms with Gasteiger partial charge in [-0.2, -0.15) is 0 Å². The monoisotopic (exact) mass is 774 g/mol. The number of methoxy groups -OCH3 is 2. The number of carboxylic acid groups (broad SMARTS) is 1. The van der Waals surface area contributed by atoms with Gasteiger partial charge in [-0.3, -0.25) is 24.1 Å². The van der Waals surface area contributed by atoms with Crippen molar-refractivity contribution < 1.29 is 38.6 Å². The molecule has 9 atom stereocenters. The third kappa shape index (κ3) is 13.1. The summed E-state index contributed by atoms with van der Waals surface area (Å²) >= 11 is 0. The van der Waals surface area contributed by atoms with Gasteiger partial charge in [0, 0.05) is 59.7 Å². The first-order chi connectivity index (χ1) is 25.9. The van der Waals surface area contributed by atoms with Crippen molar-refractivity contribution in [2.75, 3.05) is 47.9 Å². The SMILES string of the molecule is CC[C@H](C)[C@@H]([C@@H](CC(=O)N1CCC[C@H]1[C@H](OC)[C@@H](C)C(=O)N[C@@H](Cc1ccccc1)C(=O)O)OC)N(C)C(=O)[C@@H](CC(=O)[C@H](C(C)C)N(C)CCN)C(C)C. The van der Waals surface area contributed by atoms with Crippen molar-refractivity contribution in [3.8, 4) is 0 Å². The molecule has 1 fully saturated rings. The molecule has 0 spiro atoms. The van der Waals surface area contributed by atoms with Gasteiger partial charge < -0.3 is 35.4 Å². The average molecular weight is 774 g/mol. The van der Waals surface area contributed by atoms with E-state index in [-0.39, 0.29) is 60.7 Å². The minimum absolute atomic E-state index is 0.000610. The number of rotatable bonds is 24. The normalized spacial score (nSPS) is 19.0. The molecule has 3 amide bonds. The summed E-state index contributed by atoms with van der Waals surface area (Å²) in [6, 6.07) is 6.75. The molecule has 1 heterocycles. The molecule has 0 radical (unpaired) electrons. The fraction of sp³-hybridized carbons (Fsp3) is 0.738. The van der Waals surface area contributed by atoms with Gasteiger partial charge in [-0.25, -0.2) is 4.79 Å². The number of nitrogens with two attached hydrogens (primary N) is 1. The molecule has 13 nitrogen and oxygen atoms in total. The summed E-state index contributed by atoms with van der Waals surface area (Å²) in [6.07, 6.45) is 0.955. The Bertz CT molecular complexity index is 1380. The minimum Gasteiger partial charge on any atom is -0.480 e. The Kier molecular flexibility index (Phi) is 20.0. The fourth-order valence-electron chi connectivity index (χ4n) is 8.34. The van der Waals surface area contributed by atoms with Gasteiger partial charge in [-0.15, -0.1) is 0 Å². The van der Waals surface area contributed by atoms with E-state index < -0.39 is 54.0 Å². The number of aliphatic carboxylic acids is 1. The number of hydrogen-bond donors (Lipinski definition) is 3. The fourth-order valence-corrected chi connectivity index (χ4v) is 8.34. The van der Waals surface area contributed by atoms with E-state index >= 15 is 0 Å². The number of Topliss-reactive ketones (excluding diaryl/α,β-unsaturated/α-hetero) is 1. The van der Waals surface area contributed by atoms with Crippen LogP contribution in [0.25, 0.3) is 0 Å². The first-order valence-electron chi connectivity index (χ1n) is 20.1. The molecule has 55 heavy (non-hydrogen) atoms. The first kappa shape index (κ1) is 47.8. The molecule has 1 saturated heterocycles. The van der Waals surface area contributed by atoms with Gasteiger partial charge in [0.1, 0.15) is 6.04 Å². The lowest BCUT2D eigenvalue weighted by Crippen LogP contribution is -2.55. The van der Waals surface area contributed by atoms with Crippen molar-refractivity contribution in [2.45, 2.75) is 123 Å². The van der Waals surface area contributed by atoms with Crippen molar-refractivity contribution >= 4 is 29.5 Å². The van der Waals surface area contributed by atoms with Crippen molar-refractivity contribution in [1.29, 1.82) is 0 Å². The minimum atomic E-state index is -1.14. The number of benzene rings is 1. The summed E-state index contributed by atoms with van der Waals surface area (Å²) in [5.74, 6) is -3.33. The van der Waals surface area contributed by atoms with Crippen molar-refractivity contribution in [3.05, 3.63) is 35.9 Å². The summed E-state index contributed by atoms with van der Waals surface area (Å²) in [5.41, 5.74) is 6.59. The van der Waals surface area contributed by atoms with E-state index in [1.54, 1.807) is 30.9 Å². The van der Waals surface area contributed by atoms with Gasteiger partial charge >= 0.3 is 5.97 Å². The second-order valence-corrected chi connectivity index (χ2v) is 16.2. The largest absolute Gasteiger partial charge is 0.480 e. The molecular weight excluding hydrogens is 702 g/mol. The number of carbonyl (C=O) groups is 5. The number of ketones is 1. The van der Waals surface area contributed by atoms with Crippen LogP contribution in [-0.4, -0.2) is 134 Å². The number of likely N-dealkylation sites (N-methyl/N-ethyl adjacent to an activating group) is 2. The molecule has 1 aromatic rings. The molecule has 0 bridgehead atoms. The Morgan fingerprint density at radius 2 is 1.60 bits per heavy atom. The lowest BCUT2D eigenvalue weighted by atomic mass is 9.83. The summed E-state index contributed by atoms with van der Waals surface area (Å²) in [7, 11) is 6.69. The molecule has 13 heteroatoms. The van der Waals surface area contributed by atoms with E-state index in [0.717, 1.165) is 12.0 Å². The van der Waals surface area contributed by atoms with Crippen LogP contribution in [-0.2, 0) is 39.9 Å². The van der Waals surface area contributed by atoms with Gasteiger partial charge in [0.25, 0.3) is 0 Å². The molecular formula is C42H71N5O8. The summed E-state index contributed by atoms with van der Waals surface area (Å²) in [4.78, 5) is 73.4. The summed E-state index contributed by atoms with van der Waals surface area (Å²) in [6.45, 7) is 15.2. The van der Waals surface area contributed by atoms with E-state index in [0.29, 0.717) is 32.5 Å². The van der Waals surface area contributed by atoms with Crippen LogP contribution in [0.4, 0.5) is 0 Å². The molecule has 1 aliphatic heterocycles. The number of nitrogens with one attached hydrogen (secondary N) is 1. The van der Waals surface area contributed by atoms with E-state index in [2.05, 4.69) is 5.32 Å². The molecule has 312 valence electrons. The average Bonchev–Trinajstić information content (AvgIpc) is 3.63. The number of amides is 3. The molecule has 4 N–H and O–H groups in total. The van der Waals surface area contributed by atoms with Gasteiger partial charge in [0.2, 0.25) is 17.7 Å². The lowest BCUT2D eigenvalue weighted by molar-refractivity contribution is -0.149. The Morgan fingerprint density at radius 1 is 0.964 bits per heavy atom. The van der Waals surface area contributed by atoms with Crippen LogP contribution in [0.5, 0.6) is 0 Å². The predicted octanol–water partition coefficient (Wildman–Crippen LogP) is 3.87. The molecule has 2 rings (SSSR count). The standard InChI is InChI=1S/C42H71N5O8/c1-12-28(6)38(46(9)41(51)31(26(2)3)24-34(48)37(27(4)5)45(8)22-20-43)35(54-10)25-36(49)47-21-16-19-33(47)39(55-11)29(7)40(50)44-32(42(52)53)23-30-17-14-13-15-18-30/h13-15,17-18,26-29,31-33,35,37-39H,12,16,19-25,43H2,1-11H3,(H,44,50)(H,52,53)/t28-,29+,31-,32-,33-,35+,37-,38-,39+/m0/s1. The van der Waals surface area contributed by atoms with Crippen molar-refractivity contribution in [1.82, 2.24) is 20.0 Å². The highest BCUT2D eigenvalue weighted by Gasteiger charge is 2.43. The Balaban J connectivity index is 2.28. The topological polar surface area (TPSA) is 172 Å². The number of nitrogens with zero attached hydrogens (tertiary/aromatic N) is 3. The Labute approximate surface area is 330 Å². The zero-order valence-electron chi connectivity index (χ0n) is 35.3. The molecule has 0 unspecified atom stereocenters. The number of hydrogen-bond acceptors (Lipinski definition) is 9. The third-order valence-corrected chi connectivity index (χ3v) is 11.6. The van der Waals surface area contributed by atoms with Crippen LogP contribution in [0.1, 0.15) is 86.1 Å². The summed E-state index contributed by atoms with van der Waals surface area (Å²) in [5, 5.41) is 12.6. The quantitative estimate of drug-likeness (QED) is 0.140. The zero-order valence-corrected chi connectivity index (χ0v) is 35.3. The van der Waals surface area contributed by atoms with Crippen LogP contribution < -0.4 is 11.1 Å². The van der Waals surface area contributed by atoms with Crippen LogP contribution in [0.3, 0.4) is 0 Å². The number of carboxylic acids is 1. The van der Waals surface area contributed by atoms with Crippen molar-refractivity contribution in [2.24, 2.45) is 35.3 Å². The number of likely N-dealkylation sites (tertiary alicyclic amines) is 1. The highest BCUT2D eigenvalue weighted by Crippen LogP contribution is 2.31. The second kappa shape index (κ2) is 23.0. The number of carbonyl (C=O) groups excluding carboxylic acids is 4. The van der Waals surface area contributed by atoms with Crippen LogP contribution in [0.2, 0.25) is 0 Å². The second-order valence-electron chi connectivity index (χ2n) is 16.2. The molecule has 1 aliphatic rings. The highest BCUT2D eigenvalue weighted by atomic mass is 16.5. The van der Waals surface area contributed by atoms with Gasteiger partial charge in [0.05, 0.1) is 42.7 Å². The zero-order chi connectivity index (χ0) is 41.6. The smallest absolute Gasteiger partial charge is 0.326 e. The van der Waals surface area contributed by atoms with Crippen LogP contribution >= 0.6 is 0 Å². The van der Waals surface area contributed by atoms with Crippen LogP contribution in [0.15, 0.2) is 30.3 Å². The van der Waals surface area contributed by atoms with Crippen molar-refractivity contribution in [3.63, 3.8) is 0 Å². The van der Waals surface area contributed by atoms with E-state index in [1.807, 2.05) is 83.8 Å². The van der Waals surface area contributed by atoms with Gasteiger partial charge in [-0.1, -0.05) is 85.2 Å². The van der Waals surface area contributed by atoms with E-state index in [9.17, 15) is 29.1 Å². The highest BCUT2D eigenvalue weighted by molar-refractivity contribution is 5.90. The third-order valence-electron chi connectivity index (χ3n) is 11.6. The van der Waals surface area contributed by atoms with Gasteiger partial charge in [0.15, 0.2) is 5.78 Å². The maximum absolute atomic E-state index is 14.4. The number of ether oxygens (including phenoxy) is 2. The summed E-state index contributed by atoms with van der Waals surface area (Å²) < 4.78 is 11.9. The molecule has 0 aromatic heterocycles. The van der Waals surface area contributed by atoms with E-state index in [1.165, 1.54) is 7.11 Å². The van der Waals surface area contributed by atoms with Crippen LogP contribution in [0, 0.1) is 29.6 Å². The predicted molar refractivity (Wildman–Crippen MR) is 214 cm³/mol. The maximum Gasteiger partial charge on any atom is 0.326 e. The Morgan fingerprint density at radius 3 is 2.11 bits per heavy atom. The molecule has 0 saturated carbocycles. The lowest BCUT2D eigenvalue weighted by Gasteiger charge is -2.41.